The van der Waals surface area contributed by atoms with Gasteiger partial charge in [0.05, 0.1) is 0 Å². The van der Waals surface area contributed by atoms with Crippen LogP contribution in [0.1, 0.15) is 31.7 Å². The number of hydrogen-bond acceptors (Lipinski definition) is 1. The highest BCUT2D eigenvalue weighted by atomic mass is 16.3. The Kier molecular flexibility index (Phi) is 5.31. The lowest BCUT2D eigenvalue weighted by molar-refractivity contribution is 0.257. The number of benzene rings is 1. The summed E-state index contributed by atoms with van der Waals surface area (Å²) in [6.07, 6.45) is 4.55. The molecule has 1 heteroatoms. The van der Waals surface area contributed by atoms with Crippen molar-refractivity contribution in [2.75, 3.05) is 6.61 Å². The van der Waals surface area contributed by atoms with Crippen LogP contribution < -0.4 is 0 Å². The average molecular weight is 192 g/mol. The molecule has 1 aromatic rings. The molecule has 0 radical (unpaired) electrons. The van der Waals surface area contributed by atoms with Crippen LogP contribution in [0.5, 0.6) is 0 Å². The summed E-state index contributed by atoms with van der Waals surface area (Å²) < 4.78 is 0. The first-order valence-electron chi connectivity index (χ1n) is 5.47. The lowest BCUT2D eigenvalue weighted by Gasteiger charge is -2.08. The Balaban J connectivity index is 2.16. The zero-order valence-electron chi connectivity index (χ0n) is 8.95. The van der Waals surface area contributed by atoms with E-state index in [1.807, 2.05) is 0 Å². The maximum absolute atomic E-state index is 8.75. The fraction of sp³-hybridized carbons (Fsp3) is 0.538. The summed E-state index contributed by atoms with van der Waals surface area (Å²) in [6, 6.07) is 10.6. The summed E-state index contributed by atoms with van der Waals surface area (Å²) in [6.45, 7) is 2.54. The van der Waals surface area contributed by atoms with Crippen molar-refractivity contribution in [2.24, 2.45) is 5.92 Å². The van der Waals surface area contributed by atoms with Crippen LogP contribution in [0, 0.1) is 5.92 Å². The van der Waals surface area contributed by atoms with Crippen molar-refractivity contribution in [1.82, 2.24) is 0 Å². The first-order chi connectivity index (χ1) is 6.83. The van der Waals surface area contributed by atoms with Crippen molar-refractivity contribution in [2.45, 2.75) is 32.6 Å². The predicted octanol–water partition coefficient (Wildman–Crippen LogP) is 3.03. The molecule has 0 amide bonds. The lowest BCUT2D eigenvalue weighted by Crippen LogP contribution is -1.98. The number of aryl methyl sites for hydroxylation is 1. The van der Waals surface area contributed by atoms with Crippen molar-refractivity contribution in [3.8, 4) is 0 Å². The molecule has 1 atom stereocenters. The van der Waals surface area contributed by atoms with Gasteiger partial charge in [-0.25, -0.2) is 0 Å². The summed E-state index contributed by atoms with van der Waals surface area (Å²) in [7, 11) is 0. The summed E-state index contributed by atoms with van der Waals surface area (Å²) >= 11 is 0. The molecule has 0 aromatic heterocycles. The highest BCUT2D eigenvalue weighted by Crippen LogP contribution is 2.12. The van der Waals surface area contributed by atoms with E-state index in [-0.39, 0.29) is 0 Å². The van der Waals surface area contributed by atoms with E-state index in [0.29, 0.717) is 12.5 Å². The van der Waals surface area contributed by atoms with Gasteiger partial charge in [-0.15, -0.1) is 0 Å². The van der Waals surface area contributed by atoms with E-state index in [2.05, 4.69) is 37.3 Å². The van der Waals surface area contributed by atoms with Crippen LogP contribution in [0.25, 0.3) is 0 Å². The molecular formula is C13H20O. The average Bonchev–Trinajstić information content (AvgIpc) is 2.20. The summed E-state index contributed by atoms with van der Waals surface area (Å²) in [4.78, 5) is 0. The van der Waals surface area contributed by atoms with E-state index in [9.17, 15) is 0 Å². The van der Waals surface area contributed by atoms with Crippen LogP contribution in [-0.2, 0) is 6.42 Å². The molecule has 1 unspecified atom stereocenters. The van der Waals surface area contributed by atoms with Gasteiger partial charge in [-0.05, 0) is 30.7 Å². The molecule has 1 rings (SSSR count). The second-order valence-corrected chi connectivity index (χ2v) is 4.00. The van der Waals surface area contributed by atoms with Gasteiger partial charge >= 0.3 is 0 Å². The molecule has 14 heavy (non-hydrogen) atoms. The van der Waals surface area contributed by atoms with E-state index >= 15 is 0 Å². The molecule has 1 N–H and O–H groups in total. The minimum Gasteiger partial charge on any atom is -0.396 e. The Hall–Kier alpha value is -0.820. The van der Waals surface area contributed by atoms with Crippen molar-refractivity contribution in [3.05, 3.63) is 35.9 Å². The van der Waals surface area contributed by atoms with Gasteiger partial charge in [0.25, 0.3) is 0 Å². The summed E-state index contributed by atoms with van der Waals surface area (Å²) in [5, 5.41) is 8.75. The van der Waals surface area contributed by atoms with Crippen LogP contribution in [0.15, 0.2) is 30.3 Å². The van der Waals surface area contributed by atoms with Gasteiger partial charge < -0.3 is 5.11 Å². The van der Waals surface area contributed by atoms with E-state index in [4.69, 9.17) is 5.11 Å². The highest BCUT2D eigenvalue weighted by molar-refractivity contribution is 5.14. The van der Waals surface area contributed by atoms with Crippen molar-refractivity contribution >= 4 is 0 Å². The molecule has 1 aromatic carbocycles. The Morgan fingerprint density at radius 2 is 1.86 bits per heavy atom. The molecule has 0 saturated carbocycles. The zero-order chi connectivity index (χ0) is 10.2. The zero-order valence-corrected chi connectivity index (χ0v) is 8.95. The van der Waals surface area contributed by atoms with Crippen molar-refractivity contribution in [1.29, 1.82) is 0 Å². The first-order valence-corrected chi connectivity index (χ1v) is 5.47. The number of hydrogen-bond donors (Lipinski definition) is 1. The quantitative estimate of drug-likeness (QED) is 0.734. The van der Waals surface area contributed by atoms with E-state index < -0.39 is 0 Å². The molecule has 0 fully saturated rings. The van der Waals surface area contributed by atoms with Gasteiger partial charge in [-0.3, -0.25) is 0 Å². The second kappa shape index (κ2) is 6.61. The molecule has 0 saturated heterocycles. The smallest absolute Gasteiger partial charge is 0.0433 e. The number of aliphatic hydroxyl groups excluding tert-OH is 1. The molecule has 0 aliphatic carbocycles. The maximum atomic E-state index is 8.75. The summed E-state index contributed by atoms with van der Waals surface area (Å²) in [5.41, 5.74) is 1.42. The first kappa shape index (κ1) is 11.3. The normalized spacial score (nSPS) is 12.7. The van der Waals surface area contributed by atoms with Crippen LogP contribution in [0.4, 0.5) is 0 Å². The van der Waals surface area contributed by atoms with Gasteiger partial charge in [0.1, 0.15) is 0 Å². The maximum Gasteiger partial charge on any atom is 0.0433 e. The molecule has 0 spiro atoms. The minimum atomic E-state index is 0.326. The van der Waals surface area contributed by atoms with Gasteiger partial charge in [0, 0.05) is 6.61 Å². The molecule has 0 heterocycles. The molecular weight excluding hydrogens is 172 g/mol. The number of rotatable bonds is 6. The molecule has 0 aliphatic rings. The van der Waals surface area contributed by atoms with Gasteiger partial charge in [0.2, 0.25) is 0 Å². The SMILES string of the molecule is CC(CCO)CCCc1ccccc1. The lowest BCUT2D eigenvalue weighted by atomic mass is 9.99. The molecule has 0 bridgehead atoms. The standard InChI is InChI=1S/C13H20O/c1-12(10-11-14)6-5-9-13-7-3-2-4-8-13/h2-4,7-8,12,14H,5-6,9-11H2,1H3. The van der Waals surface area contributed by atoms with Gasteiger partial charge in [-0.1, -0.05) is 43.7 Å². The fourth-order valence-electron chi connectivity index (χ4n) is 1.66. The van der Waals surface area contributed by atoms with E-state index in [1.165, 1.54) is 18.4 Å². The van der Waals surface area contributed by atoms with Crippen LogP contribution in [-0.4, -0.2) is 11.7 Å². The Bertz CT molecular complexity index is 230. The van der Waals surface area contributed by atoms with Crippen LogP contribution >= 0.6 is 0 Å². The van der Waals surface area contributed by atoms with Gasteiger partial charge in [-0.2, -0.15) is 0 Å². The van der Waals surface area contributed by atoms with Crippen molar-refractivity contribution in [3.63, 3.8) is 0 Å². The Morgan fingerprint density at radius 1 is 1.14 bits per heavy atom. The largest absolute Gasteiger partial charge is 0.396 e. The fourth-order valence-corrected chi connectivity index (χ4v) is 1.66. The third-order valence-corrected chi connectivity index (χ3v) is 2.63. The molecule has 78 valence electrons. The minimum absolute atomic E-state index is 0.326. The topological polar surface area (TPSA) is 20.2 Å². The van der Waals surface area contributed by atoms with Crippen LogP contribution in [0.2, 0.25) is 0 Å². The third kappa shape index (κ3) is 4.43. The monoisotopic (exact) mass is 192 g/mol. The van der Waals surface area contributed by atoms with E-state index in [0.717, 1.165) is 12.8 Å². The van der Waals surface area contributed by atoms with Crippen LogP contribution in [0.3, 0.4) is 0 Å². The predicted molar refractivity (Wildman–Crippen MR) is 60.2 cm³/mol. The van der Waals surface area contributed by atoms with E-state index in [1.54, 1.807) is 0 Å². The van der Waals surface area contributed by atoms with Gasteiger partial charge in [0.15, 0.2) is 0 Å². The van der Waals surface area contributed by atoms with Crippen molar-refractivity contribution < 1.29 is 5.11 Å². The Labute approximate surface area is 86.8 Å². The highest BCUT2D eigenvalue weighted by Gasteiger charge is 2.00. The Morgan fingerprint density at radius 3 is 2.50 bits per heavy atom. The molecule has 0 aliphatic heterocycles. The summed E-state index contributed by atoms with van der Waals surface area (Å²) in [5.74, 6) is 0.656. The number of aliphatic hydroxyl groups is 1. The second-order valence-electron chi connectivity index (χ2n) is 4.00. The molecule has 1 nitrogen and oxygen atoms in total. The third-order valence-electron chi connectivity index (χ3n) is 2.63.